The van der Waals surface area contributed by atoms with Gasteiger partial charge in [-0.2, -0.15) is 10.1 Å². The maximum Gasteiger partial charge on any atom is 0.259 e. The highest BCUT2D eigenvalue weighted by atomic mass is 127. The molecule has 4 nitrogen and oxygen atoms in total. The number of halogens is 2. The van der Waals surface area contributed by atoms with Gasteiger partial charge in [-0.05, 0) is 57.3 Å². The molecule has 1 amide bonds. The molecule has 0 radical (unpaired) electrons. The van der Waals surface area contributed by atoms with E-state index in [1.54, 1.807) is 13.3 Å². The maximum absolute atomic E-state index is 11.6. The number of ether oxygens (including phenoxy) is 1. The molecule has 1 heterocycles. The number of nitrogens with zero attached hydrogens (tertiary/aromatic N) is 2. The minimum Gasteiger partial charge on any atom is -0.495 e. The van der Waals surface area contributed by atoms with E-state index in [9.17, 15) is 4.79 Å². The van der Waals surface area contributed by atoms with Gasteiger partial charge in [0, 0.05) is 9.13 Å². The molecule has 0 spiro atoms. The van der Waals surface area contributed by atoms with Crippen molar-refractivity contribution in [3.8, 4) is 5.75 Å². The summed E-state index contributed by atoms with van der Waals surface area (Å²) in [7, 11) is 1.61. The van der Waals surface area contributed by atoms with Crippen molar-refractivity contribution in [2.24, 2.45) is 5.10 Å². The van der Waals surface area contributed by atoms with E-state index in [0.717, 1.165) is 18.5 Å². The van der Waals surface area contributed by atoms with Crippen molar-refractivity contribution < 1.29 is 9.53 Å². The summed E-state index contributed by atoms with van der Waals surface area (Å²) < 4.78 is 7.92. The van der Waals surface area contributed by atoms with Crippen LogP contribution < -0.4 is 4.74 Å². The summed E-state index contributed by atoms with van der Waals surface area (Å²) in [6.45, 7) is 0. The van der Waals surface area contributed by atoms with E-state index in [0.29, 0.717) is 10.1 Å². The minimum atomic E-state index is -0.0921. The number of hydrogen-bond donors (Lipinski definition) is 0. The summed E-state index contributed by atoms with van der Waals surface area (Å²) in [5.41, 5.74) is 0.825. The van der Waals surface area contributed by atoms with Gasteiger partial charge in [0.15, 0.2) is 4.32 Å². The van der Waals surface area contributed by atoms with Gasteiger partial charge < -0.3 is 4.74 Å². The quantitative estimate of drug-likeness (QED) is 0.351. The molecule has 1 saturated heterocycles. The summed E-state index contributed by atoms with van der Waals surface area (Å²) >= 11 is 10.8. The molecular formula is C11H8I2N2O2S2. The first-order valence-electron chi connectivity index (χ1n) is 5.09. The van der Waals surface area contributed by atoms with Gasteiger partial charge in [0.25, 0.3) is 5.91 Å². The number of carbonyl (C=O) groups excluding carboxylic acids is 1. The maximum atomic E-state index is 11.6. The lowest BCUT2D eigenvalue weighted by atomic mass is 10.2. The van der Waals surface area contributed by atoms with E-state index >= 15 is 0 Å². The smallest absolute Gasteiger partial charge is 0.259 e. The molecule has 0 unspecified atom stereocenters. The van der Waals surface area contributed by atoms with E-state index in [-0.39, 0.29) is 5.91 Å². The van der Waals surface area contributed by atoms with Crippen molar-refractivity contribution >= 4 is 85.6 Å². The minimum absolute atomic E-state index is 0.0921. The molecule has 0 saturated carbocycles. The average Bonchev–Trinajstić information content (AvgIpc) is 2.66. The molecule has 1 aromatic carbocycles. The third kappa shape index (κ3) is 3.58. The summed E-state index contributed by atoms with van der Waals surface area (Å²) in [5.74, 6) is 1.01. The Morgan fingerprint density at radius 3 is 2.84 bits per heavy atom. The van der Waals surface area contributed by atoms with Crippen LogP contribution in [0.4, 0.5) is 0 Å². The molecule has 0 N–H and O–H groups in total. The number of hydrogen-bond acceptors (Lipinski definition) is 5. The fourth-order valence-corrected chi connectivity index (χ4v) is 4.55. The second kappa shape index (κ2) is 6.68. The van der Waals surface area contributed by atoms with E-state index in [1.807, 2.05) is 12.1 Å². The SMILES string of the molecule is COc1c(I)cc(I)cc1/C=N/N1C(=O)CSC1=S. The number of carbonyl (C=O) groups is 1. The Hall–Kier alpha value is 0.0600. The summed E-state index contributed by atoms with van der Waals surface area (Å²) in [5, 5.41) is 5.41. The molecular weight excluding hydrogens is 510 g/mol. The van der Waals surface area contributed by atoms with Crippen LogP contribution in [0.5, 0.6) is 5.75 Å². The Morgan fingerprint density at radius 2 is 2.26 bits per heavy atom. The van der Waals surface area contributed by atoms with Crippen LogP contribution in [0.2, 0.25) is 0 Å². The number of hydrazone groups is 1. The summed E-state index contributed by atoms with van der Waals surface area (Å²) in [6.07, 6.45) is 1.61. The zero-order valence-corrected chi connectivity index (χ0v) is 15.7. The first-order valence-corrected chi connectivity index (χ1v) is 8.65. The van der Waals surface area contributed by atoms with Crippen LogP contribution in [0.25, 0.3) is 0 Å². The van der Waals surface area contributed by atoms with Crippen LogP contribution >= 0.6 is 69.2 Å². The molecule has 0 aliphatic carbocycles. The molecule has 100 valence electrons. The third-order valence-corrected chi connectivity index (χ3v) is 5.04. The van der Waals surface area contributed by atoms with E-state index < -0.39 is 0 Å². The predicted octanol–water partition coefficient (Wildman–Crippen LogP) is 3.10. The van der Waals surface area contributed by atoms with Gasteiger partial charge in [-0.1, -0.05) is 24.0 Å². The molecule has 1 aliphatic heterocycles. The van der Waals surface area contributed by atoms with Gasteiger partial charge in [-0.15, -0.1) is 0 Å². The molecule has 0 atom stereocenters. The topological polar surface area (TPSA) is 41.9 Å². The van der Waals surface area contributed by atoms with Crippen LogP contribution in [0.1, 0.15) is 5.56 Å². The zero-order valence-electron chi connectivity index (χ0n) is 9.72. The molecule has 2 rings (SSSR count). The second-order valence-electron chi connectivity index (χ2n) is 3.51. The van der Waals surface area contributed by atoms with Gasteiger partial charge in [0.2, 0.25) is 0 Å². The first kappa shape index (κ1) is 15.4. The van der Waals surface area contributed by atoms with Crippen LogP contribution in [-0.2, 0) is 4.79 Å². The van der Waals surface area contributed by atoms with Crippen molar-refractivity contribution in [1.82, 2.24) is 5.01 Å². The molecule has 8 heteroatoms. The van der Waals surface area contributed by atoms with Crippen LogP contribution in [0.15, 0.2) is 17.2 Å². The summed E-state index contributed by atoms with van der Waals surface area (Å²) in [6, 6.07) is 3.96. The molecule has 1 aromatic rings. The second-order valence-corrected chi connectivity index (χ2v) is 7.53. The highest BCUT2D eigenvalue weighted by molar-refractivity contribution is 14.1. The first-order chi connectivity index (χ1) is 9.02. The highest BCUT2D eigenvalue weighted by Gasteiger charge is 2.26. The van der Waals surface area contributed by atoms with E-state index in [1.165, 1.54) is 16.8 Å². The van der Waals surface area contributed by atoms with Gasteiger partial charge in [-0.3, -0.25) is 4.79 Å². The molecule has 0 bridgehead atoms. The Bertz CT molecular complexity index is 562. The number of thiocarbonyl (C=S) groups is 1. The third-order valence-electron chi connectivity index (χ3n) is 2.28. The standard InChI is InChI=1S/C11H8I2N2O2S2/c1-17-10-6(2-7(12)3-8(10)13)4-14-15-9(16)5-19-11(15)18/h2-4H,5H2,1H3/b14-4+. The lowest BCUT2D eigenvalue weighted by Crippen LogP contribution is -2.22. The number of methoxy groups -OCH3 is 1. The lowest BCUT2D eigenvalue weighted by Gasteiger charge is -2.10. The van der Waals surface area contributed by atoms with Crippen molar-refractivity contribution in [3.63, 3.8) is 0 Å². The molecule has 1 aliphatic rings. The number of rotatable bonds is 3. The summed E-state index contributed by atoms with van der Waals surface area (Å²) in [4.78, 5) is 11.6. The number of thioether (sulfide) groups is 1. The van der Waals surface area contributed by atoms with Crippen molar-refractivity contribution in [2.75, 3.05) is 12.9 Å². The van der Waals surface area contributed by atoms with Gasteiger partial charge in [-0.25, -0.2) is 0 Å². The van der Waals surface area contributed by atoms with E-state index in [2.05, 4.69) is 50.3 Å². The molecule has 1 fully saturated rings. The number of amides is 1. The zero-order chi connectivity index (χ0) is 14.0. The average molecular weight is 518 g/mol. The fourth-order valence-electron chi connectivity index (χ4n) is 1.47. The Balaban J connectivity index is 2.32. The van der Waals surface area contributed by atoms with Crippen LogP contribution in [0.3, 0.4) is 0 Å². The van der Waals surface area contributed by atoms with Gasteiger partial charge in [0.1, 0.15) is 5.75 Å². The Labute approximate surface area is 147 Å². The number of benzene rings is 1. The van der Waals surface area contributed by atoms with E-state index in [4.69, 9.17) is 17.0 Å². The lowest BCUT2D eigenvalue weighted by molar-refractivity contribution is -0.123. The van der Waals surface area contributed by atoms with Crippen LogP contribution in [0, 0.1) is 7.14 Å². The highest BCUT2D eigenvalue weighted by Crippen LogP contribution is 2.27. The van der Waals surface area contributed by atoms with Gasteiger partial charge in [0.05, 0.1) is 22.6 Å². The molecule has 19 heavy (non-hydrogen) atoms. The van der Waals surface area contributed by atoms with Crippen molar-refractivity contribution in [2.45, 2.75) is 0 Å². The monoisotopic (exact) mass is 518 g/mol. The van der Waals surface area contributed by atoms with Crippen molar-refractivity contribution in [1.29, 1.82) is 0 Å². The van der Waals surface area contributed by atoms with Crippen LogP contribution in [-0.4, -0.2) is 34.3 Å². The Kier molecular flexibility index (Phi) is 5.43. The largest absolute Gasteiger partial charge is 0.495 e. The fraction of sp³-hybridized carbons (Fsp3) is 0.182. The van der Waals surface area contributed by atoms with Crippen molar-refractivity contribution in [3.05, 3.63) is 24.8 Å². The normalized spacial score (nSPS) is 15.6. The predicted molar refractivity (Wildman–Crippen MR) is 97.9 cm³/mol. The Morgan fingerprint density at radius 1 is 1.53 bits per heavy atom. The van der Waals surface area contributed by atoms with Gasteiger partial charge >= 0.3 is 0 Å². The molecule has 0 aromatic heterocycles.